The third-order valence-electron chi connectivity index (χ3n) is 5.55. The van der Waals surface area contributed by atoms with Crippen molar-refractivity contribution in [3.8, 4) is 11.3 Å². The lowest BCUT2D eigenvalue weighted by Crippen LogP contribution is -2.34. The van der Waals surface area contributed by atoms with Gasteiger partial charge in [-0.2, -0.15) is 0 Å². The third-order valence-corrected chi connectivity index (χ3v) is 5.55. The first-order chi connectivity index (χ1) is 17.2. The molecule has 1 amide bonds. The van der Waals surface area contributed by atoms with Gasteiger partial charge in [0.2, 0.25) is 0 Å². The Morgan fingerprint density at radius 1 is 1.14 bits per heavy atom. The molecule has 0 aliphatic rings. The van der Waals surface area contributed by atoms with Crippen LogP contribution in [0.2, 0.25) is 0 Å². The van der Waals surface area contributed by atoms with Crippen LogP contribution in [0.15, 0.2) is 60.8 Å². The van der Waals surface area contributed by atoms with E-state index in [2.05, 4.69) is 15.1 Å². The number of carbonyl (C=O) groups excluding carboxylic acids is 1. The molecule has 0 aliphatic heterocycles. The molecule has 184 valence electrons. The fourth-order valence-corrected chi connectivity index (χ4v) is 3.84. The van der Waals surface area contributed by atoms with E-state index in [-0.39, 0.29) is 12.2 Å². The minimum atomic E-state index is -1.22. The van der Waals surface area contributed by atoms with Gasteiger partial charge in [0.25, 0.3) is 5.91 Å². The number of benzene rings is 2. The van der Waals surface area contributed by atoms with E-state index >= 15 is 0 Å². The Morgan fingerprint density at radius 3 is 2.67 bits per heavy atom. The number of nitrogens with zero attached hydrogens (tertiary/aromatic N) is 3. The zero-order valence-electron chi connectivity index (χ0n) is 19.5. The van der Waals surface area contributed by atoms with Gasteiger partial charge in [0.05, 0.1) is 28.9 Å². The van der Waals surface area contributed by atoms with Gasteiger partial charge in [-0.15, -0.1) is 0 Å². The molecule has 0 aliphatic carbocycles. The maximum atomic E-state index is 14.7. The smallest absolute Gasteiger partial charge is 0.280 e. The lowest BCUT2D eigenvalue weighted by Gasteiger charge is -2.17. The molecular weight excluding hydrogens is 468 g/mol. The monoisotopic (exact) mass is 491 g/mol. The van der Waals surface area contributed by atoms with E-state index in [4.69, 9.17) is 4.84 Å². The summed E-state index contributed by atoms with van der Waals surface area (Å²) in [5.74, 6) is -3.20. The van der Waals surface area contributed by atoms with Crippen LogP contribution in [-0.2, 0) is 11.4 Å². The highest BCUT2D eigenvalue weighted by molar-refractivity contribution is 5.94. The Kier molecular flexibility index (Phi) is 5.99. The van der Waals surface area contributed by atoms with Crippen LogP contribution in [0.3, 0.4) is 0 Å². The second-order valence-electron chi connectivity index (χ2n) is 9.14. The Balaban J connectivity index is 1.37. The van der Waals surface area contributed by atoms with Crippen molar-refractivity contribution in [3.05, 3.63) is 83.6 Å². The van der Waals surface area contributed by atoms with Crippen molar-refractivity contribution in [2.75, 3.05) is 6.61 Å². The quantitative estimate of drug-likeness (QED) is 0.294. The molecule has 10 heteroatoms. The number of H-pyrrole nitrogens is 1. The first-order valence-electron chi connectivity index (χ1n) is 11.2. The third kappa shape index (κ3) is 4.81. The van der Waals surface area contributed by atoms with E-state index in [1.807, 2.05) is 40.5 Å². The van der Waals surface area contributed by atoms with Crippen LogP contribution in [-0.4, -0.2) is 43.0 Å². The predicted octanol–water partition coefficient (Wildman–Crippen LogP) is 4.34. The van der Waals surface area contributed by atoms with Crippen molar-refractivity contribution in [1.29, 1.82) is 0 Å². The molecule has 0 atom stereocenters. The number of fused-ring (bicyclic) bond motifs is 2. The number of aromatic nitrogens is 4. The van der Waals surface area contributed by atoms with E-state index in [1.54, 1.807) is 18.3 Å². The number of nitrogens with one attached hydrogen (secondary N) is 2. The molecule has 3 aromatic heterocycles. The molecule has 0 bridgehead atoms. The van der Waals surface area contributed by atoms with Gasteiger partial charge in [-0.25, -0.2) is 19.2 Å². The standard InChI is InChI=1S/C26H23F2N5O3/c1-26(2,35)14-36-32-25(34)23-18(27)11-17(12-19(23)28)21-7-8-22-24(30-21)33(31-22)13-15-5-6-20-16(10-15)4-3-9-29-20/h3-12,31,35H,13-14H2,1-2H3,(H,32,34). The highest BCUT2D eigenvalue weighted by atomic mass is 19.1. The Labute approximate surface area is 204 Å². The second-order valence-corrected chi connectivity index (χ2v) is 9.14. The second kappa shape index (κ2) is 9.14. The van der Waals surface area contributed by atoms with E-state index in [0.29, 0.717) is 17.9 Å². The van der Waals surface area contributed by atoms with Crippen LogP contribution in [0, 0.1) is 11.6 Å². The van der Waals surface area contributed by atoms with Gasteiger partial charge in [-0.3, -0.25) is 24.4 Å². The lowest BCUT2D eigenvalue weighted by molar-refractivity contribution is -0.0524. The summed E-state index contributed by atoms with van der Waals surface area (Å²) in [6, 6.07) is 15.4. The van der Waals surface area contributed by atoms with Crippen molar-refractivity contribution in [3.63, 3.8) is 0 Å². The summed E-state index contributed by atoms with van der Waals surface area (Å²) in [4.78, 5) is 25.9. The van der Waals surface area contributed by atoms with Gasteiger partial charge in [-0.1, -0.05) is 12.1 Å². The van der Waals surface area contributed by atoms with E-state index in [9.17, 15) is 18.7 Å². The summed E-state index contributed by atoms with van der Waals surface area (Å²) >= 11 is 0. The number of hydroxylamine groups is 1. The number of halogens is 2. The van der Waals surface area contributed by atoms with Gasteiger partial charge in [0.1, 0.15) is 23.8 Å². The molecule has 2 aromatic carbocycles. The minimum Gasteiger partial charge on any atom is -0.388 e. The number of rotatable bonds is 7. The van der Waals surface area contributed by atoms with Gasteiger partial charge >= 0.3 is 0 Å². The topological polar surface area (TPSA) is 105 Å². The van der Waals surface area contributed by atoms with E-state index in [1.165, 1.54) is 13.8 Å². The van der Waals surface area contributed by atoms with Crippen LogP contribution >= 0.6 is 0 Å². The molecule has 5 rings (SSSR count). The Hall–Kier alpha value is -4.15. The zero-order chi connectivity index (χ0) is 25.4. The van der Waals surface area contributed by atoms with Gasteiger partial charge in [0.15, 0.2) is 5.65 Å². The van der Waals surface area contributed by atoms with Crippen molar-refractivity contribution in [2.24, 2.45) is 0 Å². The van der Waals surface area contributed by atoms with Crippen LogP contribution < -0.4 is 5.48 Å². The first kappa shape index (κ1) is 23.6. The van der Waals surface area contributed by atoms with Crippen molar-refractivity contribution in [2.45, 2.75) is 26.0 Å². The number of carbonyl (C=O) groups is 1. The van der Waals surface area contributed by atoms with E-state index in [0.717, 1.165) is 34.1 Å². The number of aliphatic hydroxyl groups is 1. The summed E-state index contributed by atoms with van der Waals surface area (Å²) in [7, 11) is 0. The SMILES string of the molecule is CC(C)(O)CONC(=O)c1c(F)cc(-c2ccc3[nH]n(Cc4ccc5ncccc5c4)c3n2)cc1F. The summed E-state index contributed by atoms with van der Waals surface area (Å²) < 4.78 is 31.3. The highest BCUT2D eigenvalue weighted by Crippen LogP contribution is 2.26. The molecular formula is C26H23F2N5O3. The van der Waals surface area contributed by atoms with Crippen LogP contribution in [0.5, 0.6) is 0 Å². The fraction of sp³-hybridized carbons (Fsp3) is 0.192. The molecule has 36 heavy (non-hydrogen) atoms. The highest BCUT2D eigenvalue weighted by Gasteiger charge is 2.22. The summed E-state index contributed by atoms with van der Waals surface area (Å²) in [5.41, 5.74) is 3.86. The average molecular weight is 491 g/mol. The van der Waals surface area contributed by atoms with Crippen LogP contribution in [0.1, 0.15) is 29.8 Å². The number of hydrogen-bond donors (Lipinski definition) is 3. The molecule has 5 aromatic rings. The molecule has 3 N–H and O–H groups in total. The first-order valence-corrected chi connectivity index (χ1v) is 11.2. The van der Waals surface area contributed by atoms with Crippen molar-refractivity contribution in [1.82, 2.24) is 25.2 Å². The largest absolute Gasteiger partial charge is 0.388 e. The number of aromatic amines is 1. The normalized spacial score (nSPS) is 11.9. The maximum Gasteiger partial charge on any atom is 0.280 e. The average Bonchev–Trinajstić information content (AvgIpc) is 2.81. The minimum absolute atomic E-state index is 0.186. The van der Waals surface area contributed by atoms with Crippen LogP contribution in [0.25, 0.3) is 33.3 Å². The molecule has 3 heterocycles. The molecule has 0 radical (unpaired) electrons. The summed E-state index contributed by atoms with van der Waals surface area (Å²) in [5, 5.41) is 13.8. The lowest BCUT2D eigenvalue weighted by atomic mass is 10.1. The number of pyridine rings is 2. The Morgan fingerprint density at radius 2 is 1.92 bits per heavy atom. The molecule has 0 unspecified atom stereocenters. The zero-order valence-corrected chi connectivity index (χ0v) is 19.5. The van der Waals surface area contributed by atoms with Crippen molar-refractivity contribution < 1.29 is 23.5 Å². The summed E-state index contributed by atoms with van der Waals surface area (Å²) in [6.45, 7) is 3.21. The van der Waals surface area contributed by atoms with Gasteiger partial charge in [0, 0.05) is 17.1 Å². The Bertz CT molecular complexity index is 1560. The van der Waals surface area contributed by atoms with E-state index < -0.39 is 28.7 Å². The predicted molar refractivity (Wildman–Crippen MR) is 130 cm³/mol. The van der Waals surface area contributed by atoms with Crippen LogP contribution in [0.4, 0.5) is 8.78 Å². The number of amides is 1. The number of hydrogen-bond acceptors (Lipinski definition) is 5. The maximum absolute atomic E-state index is 14.7. The molecule has 8 nitrogen and oxygen atoms in total. The molecule has 0 fully saturated rings. The van der Waals surface area contributed by atoms with Gasteiger partial charge < -0.3 is 5.11 Å². The fourth-order valence-electron chi connectivity index (χ4n) is 3.84. The molecule has 0 saturated carbocycles. The molecule has 0 saturated heterocycles. The molecule has 0 spiro atoms. The summed E-state index contributed by atoms with van der Waals surface area (Å²) in [6.07, 6.45) is 1.75. The van der Waals surface area contributed by atoms with Crippen molar-refractivity contribution >= 4 is 28.0 Å². The van der Waals surface area contributed by atoms with Gasteiger partial charge in [-0.05, 0) is 61.9 Å².